The molecule has 136 valence electrons. The molecule has 2 radical (unpaired) electrons. The predicted molar refractivity (Wildman–Crippen MR) is 113 cm³/mol. The topological polar surface area (TPSA) is 61.7 Å². The van der Waals surface area contributed by atoms with Crippen LogP contribution in [0.5, 0.6) is 5.75 Å². The lowest BCUT2D eigenvalue weighted by Gasteiger charge is -2.13. The minimum Gasteiger partial charge on any atom is -0.508 e. The predicted octanol–water partition coefficient (Wildman–Crippen LogP) is 3.24. The van der Waals surface area contributed by atoms with Crippen molar-refractivity contribution in [2.75, 3.05) is 5.32 Å². The molecule has 1 aliphatic rings. The highest BCUT2D eigenvalue weighted by Crippen LogP contribution is 2.28. The fourth-order valence-corrected chi connectivity index (χ4v) is 3.41. The minimum atomic E-state index is -0.653. The number of benzene rings is 3. The molecule has 0 saturated heterocycles. The summed E-state index contributed by atoms with van der Waals surface area (Å²) in [6, 6.07) is 18.8. The summed E-state index contributed by atoms with van der Waals surface area (Å²) >= 11 is 6.21. The summed E-state index contributed by atoms with van der Waals surface area (Å²) in [5, 5.41) is 13.1. The van der Waals surface area contributed by atoms with Crippen LogP contribution in [0, 0.1) is 0 Å². The van der Waals surface area contributed by atoms with Gasteiger partial charge in [0.1, 0.15) is 19.6 Å². The largest absolute Gasteiger partial charge is 0.508 e. The van der Waals surface area contributed by atoms with Crippen molar-refractivity contribution in [3.05, 3.63) is 88.4 Å². The lowest BCUT2D eigenvalue weighted by atomic mass is 9.87. The van der Waals surface area contributed by atoms with Crippen LogP contribution in [0.15, 0.2) is 71.7 Å². The maximum Gasteiger partial charge on any atom is 0.249 e. The van der Waals surface area contributed by atoms with Gasteiger partial charge in [0.05, 0.1) is 11.4 Å². The highest BCUT2D eigenvalue weighted by molar-refractivity contribution is 6.33. The van der Waals surface area contributed by atoms with E-state index < -0.39 is 6.04 Å². The number of halogens is 1. The van der Waals surface area contributed by atoms with Gasteiger partial charge in [-0.1, -0.05) is 46.9 Å². The number of aliphatic imine (C=N–C) groups is 1. The number of benzodiazepines with no additional fused rings is 1. The van der Waals surface area contributed by atoms with Crippen molar-refractivity contribution >= 4 is 42.2 Å². The molecule has 1 amide bonds. The smallest absolute Gasteiger partial charge is 0.249 e. The molecular formula is C22H16BClN2O2. The van der Waals surface area contributed by atoms with Crippen LogP contribution in [0.25, 0.3) is 0 Å². The molecule has 1 heterocycles. The van der Waals surface area contributed by atoms with Crippen LogP contribution in [-0.2, 0) is 11.2 Å². The zero-order chi connectivity index (χ0) is 19.7. The van der Waals surface area contributed by atoms with Gasteiger partial charge in [-0.15, -0.1) is 0 Å². The van der Waals surface area contributed by atoms with Gasteiger partial charge in [0, 0.05) is 22.6 Å². The number of carbonyl (C=O) groups is 1. The number of carbonyl (C=O) groups excluding carboxylic acids is 1. The first-order valence-electron chi connectivity index (χ1n) is 8.82. The highest BCUT2D eigenvalue weighted by atomic mass is 35.5. The molecule has 6 heteroatoms. The number of phenolic OH excluding ortho intramolecular Hbond substituents is 1. The zero-order valence-corrected chi connectivity index (χ0v) is 15.6. The second kappa shape index (κ2) is 7.53. The van der Waals surface area contributed by atoms with E-state index in [1.807, 2.05) is 24.3 Å². The number of hydrogen-bond acceptors (Lipinski definition) is 3. The molecule has 0 fully saturated rings. The van der Waals surface area contributed by atoms with Crippen molar-refractivity contribution < 1.29 is 9.90 Å². The third-order valence-corrected chi connectivity index (χ3v) is 4.93. The molecule has 3 aromatic rings. The first kappa shape index (κ1) is 18.3. The summed E-state index contributed by atoms with van der Waals surface area (Å²) in [5.41, 5.74) is 4.28. The minimum absolute atomic E-state index is 0.159. The maximum absolute atomic E-state index is 12.9. The van der Waals surface area contributed by atoms with Crippen molar-refractivity contribution in [1.29, 1.82) is 0 Å². The van der Waals surface area contributed by atoms with E-state index >= 15 is 0 Å². The van der Waals surface area contributed by atoms with Gasteiger partial charge in [-0.2, -0.15) is 0 Å². The van der Waals surface area contributed by atoms with Crippen molar-refractivity contribution in [1.82, 2.24) is 0 Å². The SMILES string of the molecule is [B]c1ccccc1CC1N=C(c2ccc(O)cc2)c2cc(Cl)ccc2NC1=O. The van der Waals surface area contributed by atoms with Crippen LogP contribution in [0.4, 0.5) is 5.69 Å². The number of rotatable bonds is 3. The number of aromatic hydroxyl groups is 1. The molecule has 0 spiro atoms. The van der Waals surface area contributed by atoms with Gasteiger partial charge >= 0.3 is 0 Å². The van der Waals surface area contributed by atoms with Crippen molar-refractivity contribution in [3.63, 3.8) is 0 Å². The molecule has 1 unspecified atom stereocenters. The molecule has 28 heavy (non-hydrogen) atoms. The molecule has 3 aromatic carbocycles. The van der Waals surface area contributed by atoms with E-state index in [0.29, 0.717) is 28.3 Å². The van der Waals surface area contributed by atoms with E-state index in [-0.39, 0.29) is 11.7 Å². The molecule has 0 aromatic heterocycles. The van der Waals surface area contributed by atoms with Gasteiger partial charge in [0.15, 0.2) is 0 Å². The van der Waals surface area contributed by atoms with Crippen molar-refractivity contribution in [2.45, 2.75) is 12.5 Å². The Morgan fingerprint density at radius 1 is 1.07 bits per heavy atom. The fourth-order valence-electron chi connectivity index (χ4n) is 3.24. The average molecular weight is 387 g/mol. The fraction of sp³-hybridized carbons (Fsp3) is 0.0909. The van der Waals surface area contributed by atoms with Gasteiger partial charge in [-0.05, 0) is 42.5 Å². The molecule has 0 saturated carbocycles. The highest BCUT2D eigenvalue weighted by Gasteiger charge is 2.26. The van der Waals surface area contributed by atoms with Crippen LogP contribution < -0.4 is 10.8 Å². The van der Waals surface area contributed by atoms with E-state index in [4.69, 9.17) is 24.4 Å². The normalized spacial score (nSPS) is 16.0. The Bertz CT molecular complexity index is 1080. The summed E-state index contributed by atoms with van der Waals surface area (Å²) in [7, 11) is 6.06. The number of nitrogens with one attached hydrogen (secondary N) is 1. The number of fused-ring (bicyclic) bond motifs is 1. The standard InChI is InChI=1S/C22H16BClN2O2/c23-18-4-2-1-3-14(18)11-20-22(28)26-19-10-7-15(24)12-17(19)21(25-20)13-5-8-16(27)9-6-13/h1-10,12,20,27H,11H2,(H,26,28). The Morgan fingerprint density at radius 2 is 1.82 bits per heavy atom. The zero-order valence-electron chi connectivity index (χ0n) is 14.9. The van der Waals surface area contributed by atoms with Crippen LogP contribution in [-0.4, -0.2) is 30.6 Å². The average Bonchev–Trinajstić information content (AvgIpc) is 2.81. The summed E-state index contributed by atoms with van der Waals surface area (Å²) in [5.74, 6) is -0.0484. The molecule has 0 bridgehead atoms. The van der Waals surface area contributed by atoms with E-state index in [1.165, 1.54) is 0 Å². The van der Waals surface area contributed by atoms with E-state index in [2.05, 4.69) is 5.32 Å². The molecule has 0 aliphatic carbocycles. The third kappa shape index (κ3) is 3.66. The second-order valence-electron chi connectivity index (χ2n) is 6.62. The van der Waals surface area contributed by atoms with Crippen LogP contribution in [0.2, 0.25) is 5.02 Å². The monoisotopic (exact) mass is 386 g/mol. The summed E-state index contributed by atoms with van der Waals surface area (Å²) < 4.78 is 0. The Balaban J connectivity index is 1.84. The number of phenols is 1. The quantitative estimate of drug-likeness (QED) is 0.679. The maximum atomic E-state index is 12.9. The lowest BCUT2D eigenvalue weighted by molar-refractivity contribution is -0.117. The molecule has 4 nitrogen and oxygen atoms in total. The van der Waals surface area contributed by atoms with Gasteiger partial charge in [0.2, 0.25) is 5.91 Å². The lowest BCUT2D eigenvalue weighted by Crippen LogP contribution is -2.29. The first-order chi connectivity index (χ1) is 13.5. The second-order valence-corrected chi connectivity index (χ2v) is 7.06. The van der Waals surface area contributed by atoms with Gasteiger partial charge in [-0.3, -0.25) is 9.79 Å². The summed E-state index contributed by atoms with van der Waals surface area (Å²) in [6.07, 6.45) is 0.377. The molecule has 1 aliphatic heterocycles. The van der Waals surface area contributed by atoms with Gasteiger partial charge in [-0.25, -0.2) is 0 Å². The van der Waals surface area contributed by atoms with Crippen LogP contribution >= 0.6 is 11.6 Å². The Morgan fingerprint density at radius 3 is 2.57 bits per heavy atom. The summed E-state index contributed by atoms with van der Waals surface area (Å²) in [6.45, 7) is 0. The van der Waals surface area contributed by atoms with Crippen molar-refractivity contribution in [2.24, 2.45) is 4.99 Å². The molecular weight excluding hydrogens is 371 g/mol. The van der Waals surface area contributed by atoms with Gasteiger partial charge < -0.3 is 10.4 Å². The number of hydrogen-bond donors (Lipinski definition) is 2. The Kier molecular flexibility index (Phi) is 4.92. The third-order valence-electron chi connectivity index (χ3n) is 4.69. The Hall–Kier alpha value is -3.05. The van der Waals surface area contributed by atoms with Gasteiger partial charge in [0.25, 0.3) is 0 Å². The van der Waals surface area contributed by atoms with E-state index in [1.54, 1.807) is 42.5 Å². The molecule has 1 atom stereocenters. The van der Waals surface area contributed by atoms with E-state index in [9.17, 15) is 9.90 Å². The van der Waals surface area contributed by atoms with Crippen LogP contribution in [0.3, 0.4) is 0 Å². The number of nitrogens with zero attached hydrogens (tertiary/aromatic N) is 1. The molecule has 4 rings (SSSR count). The van der Waals surface area contributed by atoms with E-state index in [0.717, 1.165) is 16.7 Å². The first-order valence-corrected chi connectivity index (χ1v) is 9.20. The van der Waals surface area contributed by atoms with Crippen molar-refractivity contribution in [3.8, 4) is 5.75 Å². The molecule has 2 N–H and O–H groups in total. The number of anilines is 1. The number of amides is 1. The van der Waals surface area contributed by atoms with Crippen LogP contribution in [0.1, 0.15) is 16.7 Å². The Labute approximate surface area is 169 Å². The summed E-state index contributed by atoms with van der Waals surface area (Å²) in [4.78, 5) is 17.7.